The molecule has 0 aliphatic carbocycles. The van der Waals surface area contributed by atoms with Gasteiger partial charge in [0.2, 0.25) is 0 Å². The number of hydrogen-bond donors (Lipinski definition) is 2. The Morgan fingerprint density at radius 3 is 2.87 bits per heavy atom. The quantitative estimate of drug-likeness (QED) is 0.794. The molecule has 0 amide bonds. The topological polar surface area (TPSA) is 46.2 Å². The minimum atomic E-state index is 0.138. The van der Waals surface area contributed by atoms with E-state index in [1.807, 2.05) is 18.7 Å². The van der Waals surface area contributed by atoms with E-state index >= 15 is 0 Å². The van der Waals surface area contributed by atoms with Gasteiger partial charge in [0.05, 0.1) is 5.25 Å². The van der Waals surface area contributed by atoms with Gasteiger partial charge in [0.15, 0.2) is 0 Å². The largest absolute Gasteiger partial charge is 0.396 e. The number of thiophene rings is 1. The lowest BCUT2D eigenvalue weighted by atomic mass is 10.2. The van der Waals surface area contributed by atoms with Gasteiger partial charge in [0, 0.05) is 27.4 Å². The molecule has 0 aromatic carbocycles. The summed E-state index contributed by atoms with van der Waals surface area (Å²) >= 11 is 7.01. The second-order valence-corrected chi connectivity index (χ2v) is 6.50. The number of halogens is 1. The SMILES string of the molecule is CC(N)C(SCCCO)c1cc(Br)cs1. The molecule has 1 heterocycles. The zero-order chi connectivity index (χ0) is 11.3. The van der Waals surface area contributed by atoms with E-state index in [0.29, 0.717) is 5.25 Å². The van der Waals surface area contributed by atoms with Crippen molar-refractivity contribution in [2.75, 3.05) is 12.4 Å². The number of aliphatic hydroxyl groups excluding tert-OH is 1. The Balaban J connectivity index is 2.58. The molecule has 0 aliphatic heterocycles. The molecule has 1 aromatic heterocycles. The van der Waals surface area contributed by atoms with Gasteiger partial charge in [-0.3, -0.25) is 0 Å². The predicted octanol–water partition coefficient (Wildman–Crippen LogP) is 3.01. The second kappa shape index (κ2) is 6.91. The summed E-state index contributed by atoms with van der Waals surface area (Å²) in [4.78, 5) is 1.31. The van der Waals surface area contributed by atoms with E-state index in [1.165, 1.54) is 4.88 Å². The van der Waals surface area contributed by atoms with E-state index in [-0.39, 0.29) is 12.6 Å². The maximum atomic E-state index is 8.74. The molecule has 5 heteroatoms. The third-order valence-corrected chi connectivity index (χ3v) is 5.44. The Bertz CT molecular complexity index is 291. The molecule has 15 heavy (non-hydrogen) atoms. The molecule has 2 unspecified atom stereocenters. The molecule has 1 rings (SSSR count). The highest BCUT2D eigenvalue weighted by Crippen LogP contribution is 2.36. The standard InChI is InChI=1S/C10H16BrNOS2/c1-7(12)10(14-4-2-3-13)9-5-8(11)6-15-9/h5-7,10,13H,2-4,12H2,1H3. The summed E-state index contributed by atoms with van der Waals surface area (Å²) in [5.74, 6) is 0.957. The fourth-order valence-electron chi connectivity index (χ4n) is 1.25. The normalized spacial score (nSPS) is 15.2. The van der Waals surface area contributed by atoms with Gasteiger partial charge in [-0.05, 0) is 41.1 Å². The third-order valence-electron chi connectivity index (χ3n) is 1.95. The molecule has 86 valence electrons. The number of hydrogen-bond acceptors (Lipinski definition) is 4. The van der Waals surface area contributed by atoms with Gasteiger partial charge in [0.1, 0.15) is 0 Å². The Kier molecular flexibility index (Phi) is 6.23. The highest BCUT2D eigenvalue weighted by atomic mass is 79.9. The summed E-state index contributed by atoms with van der Waals surface area (Å²) in [6.45, 7) is 2.29. The molecule has 2 nitrogen and oxygen atoms in total. The zero-order valence-corrected chi connectivity index (χ0v) is 11.9. The Labute approximate surface area is 107 Å². The van der Waals surface area contributed by atoms with E-state index in [0.717, 1.165) is 16.6 Å². The molecular formula is C10H16BrNOS2. The molecule has 0 aliphatic rings. The van der Waals surface area contributed by atoms with Crippen LogP contribution in [0.5, 0.6) is 0 Å². The maximum Gasteiger partial charge on any atom is 0.0539 e. The van der Waals surface area contributed by atoms with Crippen LogP contribution in [0, 0.1) is 0 Å². The van der Waals surface area contributed by atoms with Crippen LogP contribution in [0.4, 0.5) is 0 Å². The van der Waals surface area contributed by atoms with Gasteiger partial charge in [-0.25, -0.2) is 0 Å². The van der Waals surface area contributed by atoms with Crippen LogP contribution in [0.3, 0.4) is 0 Å². The lowest BCUT2D eigenvalue weighted by molar-refractivity contribution is 0.296. The summed E-state index contributed by atoms with van der Waals surface area (Å²) in [6, 6.07) is 2.27. The number of thioether (sulfide) groups is 1. The lowest BCUT2D eigenvalue weighted by Gasteiger charge is -2.18. The van der Waals surface area contributed by atoms with Crippen molar-refractivity contribution in [3.8, 4) is 0 Å². The molecule has 3 N–H and O–H groups in total. The first-order valence-corrected chi connectivity index (χ1v) is 7.59. The van der Waals surface area contributed by atoms with Crippen molar-refractivity contribution in [1.82, 2.24) is 0 Å². The first-order chi connectivity index (χ1) is 7.15. The summed E-state index contributed by atoms with van der Waals surface area (Å²) in [5, 5.41) is 11.2. The second-order valence-electron chi connectivity index (χ2n) is 3.39. The van der Waals surface area contributed by atoms with E-state index in [9.17, 15) is 0 Å². The smallest absolute Gasteiger partial charge is 0.0539 e. The van der Waals surface area contributed by atoms with Gasteiger partial charge in [-0.15, -0.1) is 11.3 Å². The molecule has 2 atom stereocenters. The average Bonchev–Trinajstić information content (AvgIpc) is 2.59. The van der Waals surface area contributed by atoms with Crippen molar-refractivity contribution in [3.63, 3.8) is 0 Å². The van der Waals surface area contributed by atoms with Crippen LogP contribution in [0.1, 0.15) is 23.5 Å². The molecule has 1 aromatic rings. The molecule has 0 radical (unpaired) electrons. The van der Waals surface area contributed by atoms with Crippen LogP contribution in [0.25, 0.3) is 0 Å². The van der Waals surface area contributed by atoms with Gasteiger partial charge < -0.3 is 10.8 Å². The minimum Gasteiger partial charge on any atom is -0.396 e. The number of rotatable bonds is 6. The van der Waals surface area contributed by atoms with Gasteiger partial charge in [-0.2, -0.15) is 11.8 Å². The summed E-state index contributed by atoms with van der Waals surface area (Å²) < 4.78 is 1.12. The Morgan fingerprint density at radius 1 is 1.67 bits per heavy atom. The van der Waals surface area contributed by atoms with Gasteiger partial charge in [-0.1, -0.05) is 0 Å². The molecule has 0 spiro atoms. The van der Waals surface area contributed by atoms with Gasteiger partial charge in [0.25, 0.3) is 0 Å². The number of nitrogens with two attached hydrogens (primary N) is 1. The van der Waals surface area contributed by atoms with Crippen LogP contribution in [0.2, 0.25) is 0 Å². The fraction of sp³-hybridized carbons (Fsp3) is 0.600. The van der Waals surface area contributed by atoms with Gasteiger partial charge >= 0.3 is 0 Å². The molecule has 0 saturated heterocycles. The van der Waals surface area contributed by atoms with Crippen molar-refractivity contribution in [2.45, 2.75) is 24.6 Å². The van der Waals surface area contributed by atoms with Crippen molar-refractivity contribution in [3.05, 3.63) is 20.8 Å². The summed E-state index contributed by atoms with van der Waals surface area (Å²) in [6.07, 6.45) is 0.834. The zero-order valence-electron chi connectivity index (χ0n) is 8.65. The van der Waals surface area contributed by atoms with Crippen molar-refractivity contribution in [1.29, 1.82) is 0 Å². The molecule has 0 bridgehead atoms. The van der Waals surface area contributed by atoms with Crippen LogP contribution >= 0.6 is 39.0 Å². The fourth-order valence-corrected chi connectivity index (χ4v) is 4.24. The van der Waals surface area contributed by atoms with Crippen molar-refractivity contribution < 1.29 is 5.11 Å². The van der Waals surface area contributed by atoms with Crippen LogP contribution in [-0.4, -0.2) is 23.5 Å². The van der Waals surface area contributed by atoms with E-state index < -0.39 is 0 Å². The predicted molar refractivity (Wildman–Crippen MR) is 72.6 cm³/mol. The summed E-state index contributed by atoms with van der Waals surface area (Å²) in [5.41, 5.74) is 5.97. The third kappa shape index (κ3) is 4.44. The van der Waals surface area contributed by atoms with E-state index in [1.54, 1.807) is 11.3 Å². The van der Waals surface area contributed by atoms with Crippen LogP contribution in [0.15, 0.2) is 15.9 Å². The lowest BCUT2D eigenvalue weighted by Crippen LogP contribution is -2.22. The molecular weight excluding hydrogens is 294 g/mol. The van der Waals surface area contributed by atoms with Crippen LogP contribution in [-0.2, 0) is 0 Å². The Hall–Kier alpha value is 0.450. The molecule has 0 saturated carbocycles. The maximum absolute atomic E-state index is 8.74. The summed E-state index contributed by atoms with van der Waals surface area (Å²) in [7, 11) is 0. The average molecular weight is 310 g/mol. The van der Waals surface area contributed by atoms with E-state index in [2.05, 4.69) is 27.4 Å². The first-order valence-electron chi connectivity index (χ1n) is 4.87. The monoisotopic (exact) mass is 309 g/mol. The minimum absolute atomic E-state index is 0.138. The highest BCUT2D eigenvalue weighted by Gasteiger charge is 2.18. The highest BCUT2D eigenvalue weighted by molar-refractivity contribution is 9.10. The van der Waals surface area contributed by atoms with Crippen molar-refractivity contribution in [2.24, 2.45) is 5.73 Å². The van der Waals surface area contributed by atoms with E-state index in [4.69, 9.17) is 10.8 Å². The first kappa shape index (κ1) is 13.5. The molecule has 0 fully saturated rings. The Morgan fingerprint density at radius 2 is 2.40 bits per heavy atom. The van der Waals surface area contributed by atoms with Crippen LogP contribution < -0.4 is 5.73 Å². The van der Waals surface area contributed by atoms with Crippen molar-refractivity contribution >= 4 is 39.0 Å². The number of aliphatic hydroxyl groups is 1.